The molecule has 1 aliphatic heterocycles. The number of thioether (sulfide) groups is 1. The standard InChI is InChI=1S/C10H20N2OS/c1-8(2)11-4-5-12-10(13)9-3-6-14-7-9/h8-9,11H,3-7H2,1-2H3,(H,12,13). The summed E-state index contributed by atoms with van der Waals surface area (Å²) in [6, 6.07) is 0.494. The average Bonchev–Trinajstić information content (AvgIpc) is 2.64. The Morgan fingerprint density at radius 3 is 2.86 bits per heavy atom. The van der Waals surface area contributed by atoms with Gasteiger partial charge >= 0.3 is 0 Å². The molecule has 0 aromatic rings. The van der Waals surface area contributed by atoms with Crippen molar-refractivity contribution in [3.05, 3.63) is 0 Å². The summed E-state index contributed by atoms with van der Waals surface area (Å²) >= 11 is 1.88. The molecule has 82 valence electrons. The van der Waals surface area contributed by atoms with E-state index in [1.54, 1.807) is 0 Å². The van der Waals surface area contributed by atoms with E-state index >= 15 is 0 Å². The molecule has 1 fully saturated rings. The highest BCUT2D eigenvalue weighted by Gasteiger charge is 2.22. The minimum Gasteiger partial charge on any atom is -0.355 e. The summed E-state index contributed by atoms with van der Waals surface area (Å²) in [4.78, 5) is 11.5. The maximum Gasteiger partial charge on any atom is 0.224 e. The van der Waals surface area contributed by atoms with Crippen LogP contribution in [0.2, 0.25) is 0 Å². The van der Waals surface area contributed by atoms with E-state index in [1.807, 2.05) is 11.8 Å². The van der Waals surface area contributed by atoms with E-state index in [4.69, 9.17) is 0 Å². The number of hydrogen-bond acceptors (Lipinski definition) is 3. The van der Waals surface area contributed by atoms with Gasteiger partial charge in [0.05, 0.1) is 0 Å². The first-order chi connectivity index (χ1) is 6.70. The van der Waals surface area contributed by atoms with Gasteiger partial charge in [0.1, 0.15) is 0 Å². The molecule has 1 saturated heterocycles. The lowest BCUT2D eigenvalue weighted by Crippen LogP contribution is -2.37. The molecule has 1 aliphatic rings. The maximum absolute atomic E-state index is 11.5. The zero-order valence-corrected chi connectivity index (χ0v) is 9.82. The molecular formula is C10H20N2OS. The largest absolute Gasteiger partial charge is 0.355 e. The van der Waals surface area contributed by atoms with Crippen LogP contribution in [0.3, 0.4) is 0 Å². The Morgan fingerprint density at radius 1 is 1.50 bits per heavy atom. The van der Waals surface area contributed by atoms with E-state index < -0.39 is 0 Å². The lowest BCUT2D eigenvalue weighted by molar-refractivity contribution is -0.124. The first-order valence-electron chi connectivity index (χ1n) is 5.29. The Hall–Kier alpha value is -0.220. The van der Waals surface area contributed by atoms with Crippen LogP contribution in [0.25, 0.3) is 0 Å². The highest BCUT2D eigenvalue weighted by molar-refractivity contribution is 7.99. The molecule has 0 bridgehead atoms. The number of carbonyl (C=O) groups is 1. The van der Waals surface area contributed by atoms with Crippen LogP contribution in [0, 0.1) is 5.92 Å². The molecule has 1 rings (SSSR count). The van der Waals surface area contributed by atoms with Gasteiger partial charge in [-0.25, -0.2) is 0 Å². The van der Waals surface area contributed by atoms with E-state index in [0.717, 1.165) is 31.0 Å². The monoisotopic (exact) mass is 216 g/mol. The van der Waals surface area contributed by atoms with E-state index in [0.29, 0.717) is 6.04 Å². The van der Waals surface area contributed by atoms with Crippen molar-refractivity contribution in [2.45, 2.75) is 26.3 Å². The molecule has 0 radical (unpaired) electrons. The Labute approximate surface area is 90.4 Å². The van der Waals surface area contributed by atoms with E-state index in [-0.39, 0.29) is 11.8 Å². The summed E-state index contributed by atoms with van der Waals surface area (Å²) in [5.74, 6) is 2.64. The van der Waals surface area contributed by atoms with Gasteiger partial charge < -0.3 is 10.6 Å². The number of nitrogens with one attached hydrogen (secondary N) is 2. The quantitative estimate of drug-likeness (QED) is 0.670. The van der Waals surface area contributed by atoms with Gasteiger partial charge in [-0.05, 0) is 12.2 Å². The smallest absolute Gasteiger partial charge is 0.224 e. The lowest BCUT2D eigenvalue weighted by Gasteiger charge is -2.11. The molecule has 1 amide bonds. The fourth-order valence-corrected chi connectivity index (χ4v) is 2.65. The average molecular weight is 216 g/mol. The second kappa shape index (κ2) is 6.30. The van der Waals surface area contributed by atoms with E-state index in [1.165, 1.54) is 0 Å². The molecule has 0 saturated carbocycles. The summed E-state index contributed by atoms with van der Waals surface area (Å²) in [7, 11) is 0. The fourth-order valence-electron chi connectivity index (χ4n) is 1.43. The first-order valence-corrected chi connectivity index (χ1v) is 6.44. The molecule has 0 spiro atoms. The summed E-state index contributed by atoms with van der Waals surface area (Å²) in [5, 5.41) is 6.24. The van der Waals surface area contributed by atoms with Crippen molar-refractivity contribution in [3.63, 3.8) is 0 Å². The molecule has 0 aromatic carbocycles. The van der Waals surface area contributed by atoms with Crippen molar-refractivity contribution in [3.8, 4) is 0 Å². The third kappa shape index (κ3) is 4.33. The molecule has 14 heavy (non-hydrogen) atoms. The lowest BCUT2D eigenvalue weighted by atomic mass is 10.1. The molecule has 1 atom stereocenters. The molecule has 2 N–H and O–H groups in total. The van der Waals surface area contributed by atoms with Gasteiger partial charge in [-0.1, -0.05) is 13.8 Å². The number of hydrogen-bond donors (Lipinski definition) is 2. The third-order valence-corrected chi connectivity index (χ3v) is 3.44. The second-order valence-corrected chi connectivity index (χ2v) is 5.11. The zero-order valence-electron chi connectivity index (χ0n) is 9.01. The highest BCUT2D eigenvalue weighted by atomic mass is 32.2. The van der Waals surface area contributed by atoms with E-state index in [2.05, 4.69) is 24.5 Å². The van der Waals surface area contributed by atoms with Gasteiger partial charge in [0.25, 0.3) is 0 Å². The maximum atomic E-state index is 11.5. The molecule has 0 aliphatic carbocycles. The van der Waals surface area contributed by atoms with E-state index in [9.17, 15) is 4.79 Å². The van der Waals surface area contributed by atoms with Gasteiger partial charge in [-0.2, -0.15) is 11.8 Å². The Balaban J connectivity index is 2.03. The number of amides is 1. The fraction of sp³-hybridized carbons (Fsp3) is 0.900. The van der Waals surface area contributed by atoms with Crippen LogP contribution in [0.4, 0.5) is 0 Å². The zero-order chi connectivity index (χ0) is 10.4. The Kier molecular flexibility index (Phi) is 5.33. The van der Waals surface area contributed by atoms with Crippen molar-refractivity contribution >= 4 is 17.7 Å². The molecular weight excluding hydrogens is 196 g/mol. The number of rotatable bonds is 5. The Bertz CT molecular complexity index is 179. The van der Waals surface area contributed by atoms with Crippen LogP contribution in [0.1, 0.15) is 20.3 Å². The predicted molar refractivity (Wildman–Crippen MR) is 61.6 cm³/mol. The Morgan fingerprint density at radius 2 is 2.29 bits per heavy atom. The van der Waals surface area contributed by atoms with Crippen molar-refractivity contribution < 1.29 is 4.79 Å². The number of carbonyl (C=O) groups excluding carboxylic acids is 1. The summed E-state index contributed by atoms with van der Waals surface area (Å²) in [6.07, 6.45) is 1.05. The van der Waals surface area contributed by atoms with Crippen LogP contribution in [-0.2, 0) is 4.79 Å². The van der Waals surface area contributed by atoms with Crippen LogP contribution in [0.5, 0.6) is 0 Å². The minimum absolute atomic E-state index is 0.237. The highest BCUT2D eigenvalue weighted by Crippen LogP contribution is 2.23. The van der Waals surface area contributed by atoms with Gasteiger partial charge in [-0.15, -0.1) is 0 Å². The molecule has 1 heterocycles. The van der Waals surface area contributed by atoms with Crippen molar-refractivity contribution in [1.82, 2.24) is 10.6 Å². The SMILES string of the molecule is CC(C)NCCNC(=O)C1CCSC1. The summed E-state index contributed by atoms with van der Waals surface area (Å²) in [6.45, 7) is 5.83. The van der Waals surface area contributed by atoms with Gasteiger partial charge in [0.2, 0.25) is 5.91 Å². The van der Waals surface area contributed by atoms with Crippen molar-refractivity contribution in [1.29, 1.82) is 0 Å². The first kappa shape index (κ1) is 11.9. The van der Waals surface area contributed by atoms with Crippen LogP contribution in [0.15, 0.2) is 0 Å². The van der Waals surface area contributed by atoms with Gasteiger partial charge in [-0.3, -0.25) is 4.79 Å². The van der Waals surface area contributed by atoms with Crippen LogP contribution < -0.4 is 10.6 Å². The van der Waals surface area contributed by atoms with Gasteiger partial charge in [0, 0.05) is 30.8 Å². The van der Waals surface area contributed by atoms with Crippen molar-refractivity contribution in [2.75, 3.05) is 24.6 Å². The van der Waals surface area contributed by atoms with Crippen LogP contribution in [-0.4, -0.2) is 36.5 Å². The summed E-state index contributed by atoms with van der Waals surface area (Å²) in [5.41, 5.74) is 0. The predicted octanol–water partition coefficient (Wildman–Crippen LogP) is 0.854. The topological polar surface area (TPSA) is 41.1 Å². The van der Waals surface area contributed by atoms with Gasteiger partial charge in [0.15, 0.2) is 0 Å². The molecule has 0 aromatic heterocycles. The van der Waals surface area contributed by atoms with Crippen molar-refractivity contribution in [2.24, 2.45) is 5.92 Å². The normalized spacial score (nSPS) is 21.5. The van der Waals surface area contributed by atoms with Crippen LogP contribution >= 0.6 is 11.8 Å². The summed E-state index contributed by atoms with van der Waals surface area (Å²) < 4.78 is 0. The second-order valence-electron chi connectivity index (χ2n) is 3.96. The molecule has 1 unspecified atom stereocenters. The molecule has 3 nitrogen and oxygen atoms in total. The molecule has 4 heteroatoms. The minimum atomic E-state index is 0.237. The third-order valence-electron chi connectivity index (χ3n) is 2.28.